The van der Waals surface area contributed by atoms with Crippen LogP contribution in [0.2, 0.25) is 0 Å². The minimum atomic E-state index is 0.600. The van der Waals surface area contributed by atoms with Gasteiger partial charge >= 0.3 is 0 Å². The fraction of sp³-hybridized carbons (Fsp3) is 0.167. The molecule has 1 aromatic carbocycles. The van der Waals surface area contributed by atoms with E-state index in [1.54, 1.807) is 11.3 Å². The lowest BCUT2D eigenvalue weighted by atomic mass is 10.3. The third-order valence-corrected chi connectivity index (χ3v) is 3.74. The molecule has 3 aromatic rings. The topological polar surface area (TPSA) is 56.7 Å². The molecule has 4 nitrogen and oxygen atoms in total. The van der Waals surface area contributed by atoms with Crippen molar-refractivity contribution in [3.8, 4) is 0 Å². The van der Waals surface area contributed by atoms with Crippen LogP contribution in [0.5, 0.6) is 0 Å². The molecule has 0 radical (unpaired) electrons. The summed E-state index contributed by atoms with van der Waals surface area (Å²) < 4.78 is 1.92. The van der Waals surface area contributed by atoms with Gasteiger partial charge in [-0.1, -0.05) is 17.3 Å². The highest BCUT2D eigenvalue weighted by Gasteiger charge is 2.05. The Hall–Kier alpha value is -1.72. The Morgan fingerprint density at radius 1 is 1.12 bits per heavy atom. The Morgan fingerprint density at radius 3 is 2.76 bits per heavy atom. The van der Waals surface area contributed by atoms with Gasteiger partial charge in [0.2, 0.25) is 0 Å². The summed E-state index contributed by atoms with van der Waals surface area (Å²) in [4.78, 5) is 2.45. The van der Waals surface area contributed by atoms with Crippen LogP contribution in [0.25, 0.3) is 11.0 Å². The van der Waals surface area contributed by atoms with E-state index in [0.29, 0.717) is 6.54 Å². The zero-order chi connectivity index (χ0) is 11.7. The van der Waals surface area contributed by atoms with Gasteiger partial charge in [-0.15, -0.1) is 16.4 Å². The molecule has 0 saturated carbocycles. The van der Waals surface area contributed by atoms with Crippen molar-refractivity contribution >= 4 is 22.4 Å². The summed E-state index contributed by atoms with van der Waals surface area (Å²) >= 11 is 1.73. The van der Waals surface area contributed by atoms with Gasteiger partial charge in [0.05, 0.1) is 12.1 Å². The number of benzene rings is 1. The van der Waals surface area contributed by atoms with Crippen molar-refractivity contribution in [1.29, 1.82) is 0 Å². The summed E-state index contributed by atoms with van der Waals surface area (Å²) in [6.45, 7) is 1.36. The number of fused-ring (bicyclic) bond motifs is 1. The average molecular weight is 244 g/mol. The molecular formula is C12H12N4S. The first kappa shape index (κ1) is 10.4. The Kier molecular flexibility index (Phi) is 2.62. The third kappa shape index (κ3) is 1.94. The maximum absolute atomic E-state index is 5.60. The van der Waals surface area contributed by atoms with Gasteiger partial charge in [0.15, 0.2) is 0 Å². The molecule has 0 aliphatic heterocycles. The van der Waals surface area contributed by atoms with Crippen molar-refractivity contribution in [2.45, 2.75) is 13.1 Å². The molecule has 0 saturated heterocycles. The van der Waals surface area contributed by atoms with Gasteiger partial charge in [0, 0.05) is 16.3 Å². The Labute approximate surface area is 103 Å². The van der Waals surface area contributed by atoms with E-state index in [1.165, 1.54) is 9.75 Å². The normalized spacial score (nSPS) is 11.1. The molecule has 0 aliphatic rings. The summed E-state index contributed by atoms with van der Waals surface area (Å²) in [7, 11) is 0. The second-order valence-electron chi connectivity index (χ2n) is 3.81. The van der Waals surface area contributed by atoms with Crippen LogP contribution in [-0.2, 0) is 13.1 Å². The van der Waals surface area contributed by atoms with Crippen molar-refractivity contribution in [1.82, 2.24) is 15.0 Å². The molecule has 3 rings (SSSR count). The minimum Gasteiger partial charge on any atom is -0.326 e. The summed E-state index contributed by atoms with van der Waals surface area (Å²) in [5.74, 6) is 0. The molecule has 2 aromatic heterocycles. The molecule has 0 unspecified atom stereocenters. The van der Waals surface area contributed by atoms with E-state index in [1.807, 2.05) is 28.9 Å². The molecule has 17 heavy (non-hydrogen) atoms. The monoisotopic (exact) mass is 244 g/mol. The Balaban J connectivity index is 1.94. The number of aromatic nitrogens is 3. The van der Waals surface area contributed by atoms with Crippen LogP contribution < -0.4 is 5.73 Å². The predicted molar refractivity (Wildman–Crippen MR) is 68.8 cm³/mol. The molecule has 0 bridgehead atoms. The van der Waals surface area contributed by atoms with Crippen LogP contribution in [0.3, 0.4) is 0 Å². The lowest BCUT2D eigenvalue weighted by molar-refractivity contribution is 0.676. The zero-order valence-electron chi connectivity index (χ0n) is 9.21. The maximum atomic E-state index is 5.60. The van der Waals surface area contributed by atoms with E-state index < -0.39 is 0 Å². The number of thiophene rings is 1. The first-order valence-electron chi connectivity index (χ1n) is 5.43. The number of rotatable bonds is 3. The second kappa shape index (κ2) is 4.27. The van der Waals surface area contributed by atoms with Gasteiger partial charge in [-0.2, -0.15) is 0 Å². The maximum Gasteiger partial charge on any atom is 0.113 e. The summed E-state index contributed by atoms with van der Waals surface area (Å²) in [5.41, 5.74) is 7.60. The first-order chi connectivity index (χ1) is 8.36. The quantitative estimate of drug-likeness (QED) is 0.766. The van der Waals surface area contributed by atoms with Crippen molar-refractivity contribution in [2.24, 2.45) is 5.73 Å². The number of hydrogen-bond donors (Lipinski definition) is 1. The molecule has 0 atom stereocenters. The van der Waals surface area contributed by atoms with Gasteiger partial charge in [-0.25, -0.2) is 4.68 Å². The Morgan fingerprint density at radius 2 is 1.94 bits per heavy atom. The van der Waals surface area contributed by atoms with E-state index >= 15 is 0 Å². The summed E-state index contributed by atoms with van der Waals surface area (Å²) in [6, 6.07) is 12.1. The molecule has 0 amide bonds. The molecule has 5 heteroatoms. The first-order valence-corrected chi connectivity index (χ1v) is 6.24. The highest BCUT2D eigenvalue weighted by Crippen LogP contribution is 2.18. The molecule has 86 valence electrons. The van der Waals surface area contributed by atoms with Crippen molar-refractivity contribution in [3.63, 3.8) is 0 Å². The SMILES string of the molecule is NCc1ccc(Cn2nnc3ccccc32)s1. The number of nitrogens with two attached hydrogens (primary N) is 1. The van der Waals surface area contributed by atoms with E-state index in [9.17, 15) is 0 Å². The summed E-state index contributed by atoms with van der Waals surface area (Å²) in [5, 5.41) is 8.30. The molecule has 0 spiro atoms. The van der Waals surface area contributed by atoms with Gasteiger partial charge in [0.1, 0.15) is 5.52 Å². The van der Waals surface area contributed by atoms with Gasteiger partial charge in [0.25, 0.3) is 0 Å². The van der Waals surface area contributed by atoms with Crippen molar-refractivity contribution < 1.29 is 0 Å². The van der Waals surface area contributed by atoms with E-state index in [-0.39, 0.29) is 0 Å². The van der Waals surface area contributed by atoms with Crippen LogP contribution in [0.1, 0.15) is 9.75 Å². The largest absolute Gasteiger partial charge is 0.326 e. The van der Waals surface area contributed by atoms with Crippen LogP contribution in [-0.4, -0.2) is 15.0 Å². The molecule has 2 N–H and O–H groups in total. The van der Waals surface area contributed by atoms with Gasteiger partial charge < -0.3 is 5.73 Å². The third-order valence-electron chi connectivity index (χ3n) is 2.64. The highest BCUT2D eigenvalue weighted by atomic mass is 32.1. The minimum absolute atomic E-state index is 0.600. The molecule has 0 fully saturated rings. The van der Waals surface area contributed by atoms with E-state index in [4.69, 9.17) is 5.73 Å². The lowest BCUT2D eigenvalue weighted by Gasteiger charge is -1.98. The van der Waals surface area contributed by atoms with Crippen LogP contribution in [0.15, 0.2) is 36.4 Å². The predicted octanol–water partition coefficient (Wildman–Crippen LogP) is 2.00. The fourth-order valence-electron chi connectivity index (χ4n) is 1.80. The molecule has 2 heterocycles. The van der Waals surface area contributed by atoms with Gasteiger partial charge in [-0.3, -0.25) is 0 Å². The number of para-hydroxylation sites is 1. The standard InChI is InChI=1S/C12H12N4S/c13-7-9-5-6-10(17-9)8-16-12-4-2-1-3-11(12)14-15-16/h1-6H,7-8,13H2. The number of nitrogens with zero attached hydrogens (tertiary/aromatic N) is 3. The van der Waals surface area contributed by atoms with E-state index in [2.05, 4.69) is 22.4 Å². The van der Waals surface area contributed by atoms with Crippen molar-refractivity contribution in [3.05, 3.63) is 46.2 Å². The van der Waals surface area contributed by atoms with Crippen LogP contribution in [0.4, 0.5) is 0 Å². The Bertz CT molecular complexity index is 641. The zero-order valence-corrected chi connectivity index (χ0v) is 10.0. The summed E-state index contributed by atoms with van der Waals surface area (Å²) in [6.07, 6.45) is 0. The second-order valence-corrected chi connectivity index (χ2v) is 5.06. The highest BCUT2D eigenvalue weighted by molar-refractivity contribution is 7.11. The van der Waals surface area contributed by atoms with E-state index in [0.717, 1.165) is 17.6 Å². The average Bonchev–Trinajstić information content (AvgIpc) is 2.97. The van der Waals surface area contributed by atoms with Crippen molar-refractivity contribution in [2.75, 3.05) is 0 Å². The lowest BCUT2D eigenvalue weighted by Crippen LogP contribution is -1.99. The smallest absolute Gasteiger partial charge is 0.113 e. The number of hydrogen-bond acceptors (Lipinski definition) is 4. The fourth-order valence-corrected chi connectivity index (χ4v) is 2.68. The molecule has 0 aliphatic carbocycles. The molecular weight excluding hydrogens is 232 g/mol. The van der Waals surface area contributed by atoms with Gasteiger partial charge in [-0.05, 0) is 24.3 Å². The van der Waals surface area contributed by atoms with Crippen LogP contribution in [0, 0.1) is 0 Å². The van der Waals surface area contributed by atoms with Crippen LogP contribution >= 0.6 is 11.3 Å².